The van der Waals surface area contributed by atoms with Crippen LogP contribution >= 0.6 is 0 Å². The van der Waals surface area contributed by atoms with Gasteiger partial charge in [0.15, 0.2) is 0 Å². The van der Waals surface area contributed by atoms with Crippen molar-refractivity contribution in [3.05, 3.63) is 107 Å². The van der Waals surface area contributed by atoms with Crippen LogP contribution in [0.2, 0.25) is 0 Å². The van der Waals surface area contributed by atoms with Crippen LogP contribution in [0.15, 0.2) is 78.9 Å². The van der Waals surface area contributed by atoms with Crippen molar-refractivity contribution in [2.75, 3.05) is 0 Å². The van der Waals surface area contributed by atoms with Gasteiger partial charge in [-0.25, -0.2) is 13.6 Å². The predicted octanol–water partition coefficient (Wildman–Crippen LogP) is 4.26. The molecule has 130 valence electrons. The Labute approximate surface area is 149 Å². The van der Waals surface area contributed by atoms with Gasteiger partial charge in [-0.15, -0.1) is 0 Å². The minimum absolute atomic E-state index is 0.340. The summed E-state index contributed by atoms with van der Waals surface area (Å²) in [6, 6.07) is 20.7. The van der Waals surface area contributed by atoms with Crippen LogP contribution in [-0.2, 0) is 5.54 Å². The van der Waals surface area contributed by atoms with Crippen LogP contribution in [0.1, 0.15) is 22.7 Å². The Morgan fingerprint density at radius 1 is 0.731 bits per heavy atom. The third-order valence-electron chi connectivity index (χ3n) is 4.75. The molecule has 1 saturated heterocycles. The number of carbonyl (C=O) groups is 1. The molecule has 0 bridgehead atoms. The van der Waals surface area contributed by atoms with Crippen LogP contribution in [-0.4, -0.2) is 6.03 Å². The number of urea groups is 1. The molecule has 1 aliphatic heterocycles. The first-order valence-electron chi connectivity index (χ1n) is 8.25. The van der Waals surface area contributed by atoms with E-state index < -0.39 is 11.6 Å². The molecule has 1 fully saturated rings. The van der Waals surface area contributed by atoms with E-state index >= 15 is 0 Å². The number of carbonyl (C=O) groups excluding carboxylic acids is 1. The second-order valence-corrected chi connectivity index (χ2v) is 6.26. The number of benzene rings is 3. The summed E-state index contributed by atoms with van der Waals surface area (Å²) in [5.41, 5.74) is 1.31. The monoisotopic (exact) mass is 350 g/mol. The predicted molar refractivity (Wildman–Crippen MR) is 94.4 cm³/mol. The zero-order chi connectivity index (χ0) is 18.1. The normalized spacial score (nSPS) is 18.2. The van der Waals surface area contributed by atoms with Crippen LogP contribution in [0.5, 0.6) is 0 Å². The highest BCUT2D eigenvalue weighted by Crippen LogP contribution is 2.44. The van der Waals surface area contributed by atoms with Crippen molar-refractivity contribution in [1.82, 2.24) is 10.6 Å². The molecule has 0 aliphatic carbocycles. The van der Waals surface area contributed by atoms with Gasteiger partial charge in [-0.05, 0) is 41.0 Å². The van der Waals surface area contributed by atoms with Gasteiger partial charge in [0.2, 0.25) is 0 Å². The standard InChI is InChI=1S/C21H16F2N2O/c22-17-10-6-15(7-11-17)21(16-8-12-18(23)13-9-16)19(24-20(26)25-21)14-4-2-1-3-5-14/h1-13,19H,(H2,24,25,26)/t19-/m0/s1. The summed E-state index contributed by atoms with van der Waals surface area (Å²) in [5, 5.41) is 5.94. The molecule has 2 amide bonds. The summed E-state index contributed by atoms with van der Waals surface area (Å²) in [6.07, 6.45) is 0. The van der Waals surface area contributed by atoms with Crippen molar-refractivity contribution >= 4 is 6.03 Å². The Hall–Kier alpha value is -3.21. The molecule has 0 unspecified atom stereocenters. The topological polar surface area (TPSA) is 41.1 Å². The lowest BCUT2D eigenvalue weighted by atomic mass is 9.75. The van der Waals surface area contributed by atoms with Crippen LogP contribution in [0.25, 0.3) is 0 Å². The molecule has 1 heterocycles. The third-order valence-corrected chi connectivity index (χ3v) is 4.75. The smallest absolute Gasteiger partial charge is 0.316 e. The van der Waals surface area contributed by atoms with E-state index in [1.165, 1.54) is 24.3 Å². The van der Waals surface area contributed by atoms with E-state index in [2.05, 4.69) is 10.6 Å². The summed E-state index contributed by atoms with van der Waals surface area (Å²) < 4.78 is 27.0. The maximum atomic E-state index is 13.5. The maximum Gasteiger partial charge on any atom is 0.316 e. The lowest BCUT2D eigenvalue weighted by molar-refractivity contribution is 0.246. The van der Waals surface area contributed by atoms with Gasteiger partial charge in [-0.3, -0.25) is 0 Å². The molecule has 3 aromatic carbocycles. The fourth-order valence-corrected chi connectivity index (χ4v) is 3.58. The van der Waals surface area contributed by atoms with Gasteiger partial charge < -0.3 is 10.6 Å². The summed E-state index contributed by atoms with van der Waals surface area (Å²) >= 11 is 0. The maximum absolute atomic E-state index is 13.5. The summed E-state index contributed by atoms with van der Waals surface area (Å²) in [4.78, 5) is 12.4. The first kappa shape index (κ1) is 16.3. The van der Waals surface area contributed by atoms with E-state index in [1.54, 1.807) is 24.3 Å². The molecule has 4 rings (SSSR count). The number of rotatable bonds is 3. The highest BCUT2D eigenvalue weighted by atomic mass is 19.1. The lowest BCUT2D eigenvalue weighted by Gasteiger charge is -2.35. The molecule has 0 spiro atoms. The highest BCUT2D eigenvalue weighted by molar-refractivity contribution is 5.81. The zero-order valence-electron chi connectivity index (χ0n) is 13.7. The van der Waals surface area contributed by atoms with Crippen LogP contribution in [0, 0.1) is 11.6 Å². The van der Waals surface area contributed by atoms with Crippen molar-refractivity contribution in [2.24, 2.45) is 0 Å². The molecule has 5 heteroatoms. The minimum atomic E-state index is -0.986. The van der Waals surface area contributed by atoms with E-state index in [0.29, 0.717) is 11.1 Å². The fourth-order valence-electron chi connectivity index (χ4n) is 3.58. The van der Waals surface area contributed by atoms with Crippen molar-refractivity contribution in [2.45, 2.75) is 11.6 Å². The largest absolute Gasteiger partial charge is 0.328 e. The molecule has 0 radical (unpaired) electrons. The molecular formula is C21H16F2N2O. The molecule has 3 aromatic rings. The molecule has 1 aliphatic rings. The van der Waals surface area contributed by atoms with Gasteiger partial charge in [0.1, 0.15) is 17.2 Å². The Kier molecular flexibility index (Phi) is 3.92. The van der Waals surface area contributed by atoms with Gasteiger partial charge in [-0.1, -0.05) is 54.6 Å². The quantitative estimate of drug-likeness (QED) is 0.728. The average Bonchev–Trinajstić information content (AvgIpc) is 3.02. The van der Waals surface area contributed by atoms with Gasteiger partial charge in [0.25, 0.3) is 0 Å². The Morgan fingerprint density at radius 2 is 1.23 bits per heavy atom. The lowest BCUT2D eigenvalue weighted by Crippen LogP contribution is -2.43. The van der Waals surface area contributed by atoms with E-state index in [9.17, 15) is 13.6 Å². The van der Waals surface area contributed by atoms with E-state index in [0.717, 1.165) is 5.56 Å². The second kappa shape index (κ2) is 6.26. The first-order valence-corrected chi connectivity index (χ1v) is 8.25. The third kappa shape index (κ3) is 2.62. The van der Waals surface area contributed by atoms with Crippen molar-refractivity contribution in [3.63, 3.8) is 0 Å². The summed E-state index contributed by atoms with van der Waals surface area (Å²) in [6.45, 7) is 0. The van der Waals surface area contributed by atoms with E-state index in [-0.39, 0.29) is 17.7 Å². The van der Waals surface area contributed by atoms with Crippen LogP contribution in [0.3, 0.4) is 0 Å². The van der Waals surface area contributed by atoms with Gasteiger partial charge in [-0.2, -0.15) is 0 Å². The number of hydrogen-bond acceptors (Lipinski definition) is 1. The number of hydrogen-bond donors (Lipinski definition) is 2. The van der Waals surface area contributed by atoms with Crippen molar-refractivity contribution < 1.29 is 13.6 Å². The van der Waals surface area contributed by atoms with Crippen LogP contribution in [0.4, 0.5) is 13.6 Å². The van der Waals surface area contributed by atoms with Gasteiger partial charge in [0, 0.05) is 0 Å². The van der Waals surface area contributed by atoms with E-state index in [4.69, 9.17) is 0 Å². The second-order valence-electron chi connectivity index (χ2n) is 6.26. The highest BCUT2D eigenvalue weighted by Gasteiger charge is 2.49. The number of halogens is 2. The van der Waals surface area contributed by atoms with Gasteiger partial charge >= 0.3 is 6.03 Å². The van der Waals surface area contributed by atoms with Gasteiger partial charge in [0.05, 0.1) is 6.04 Å². The Balaban J connectivity index is 1.96. The molecule has 26 heavy (non-hydrogen) atoms. The average molecular weight is 350 g/mol. The molecular weight excluding hydrogens is 334 g/mol. The molecule has 1 atom stereocenters. The number of nitrogens with one attached hydrogen (secondary N) is 2. The molecule has 0 aromatic heterocycles. The summed E-state index contributed by atoms with van der Waals surface area (Å²) in [5.74, 6) is -0.729. The van der Waals surface area contributed by atoms with E-state index in [1.807, 2.05) is 30.3 Å². The zero-order valence-corrected chi connectivity index (χ0v) is 13.7. The van der Waals surface area contributed by atoms with Crippen molar-refractivity contribution in [3.8, 4) is 0 Å². The SMILES string of the molecule is O=C1N[C@@H](c2ccccc2)C(c2ccc(F)cc2)(c2ccc(F)cc2)N1. The first-order chi connectivity index (χ1) is 12.6. The summed E-state index contributed by atoms with van der Waals surface area (Å²) in [7, 11) is 0. The Bertz CT molecular complexity index is 879. The molecule has 2 N–H and O–H groups in total. The number of amides is 2. The minimum Gasteiger partial charge on any atom is -0.328 e. The molecule has 3 nitrogen and oxygen atoms in total. The van der Waals surface area contributed by atoms with Crippen molar-refractivity contribution in [1.29, 1.82) is 0 Å². The van der Waals surface area contributed by atoms with Crippen LogP contribution < -0.4 is 10.6 Å². The molecule has 0 saturated carbocycles. The Morgan fingerprint density at radius 3 is 1.73 bits per heavy atom. The fraction of sp³-hybridized carbons (Fsp3) is 0.0952.